The Bertz CT molecular complexity index is 1120. The number of hydrogen-bond donors (Lipinski definition) is 1. The van der Waals surface area contributed by atoms with Crippen LogP contribution in [0.3, 0.4) is 0 Å². The van der Waals surface area contributed by atoms with Crippen molar-refractivity contribution in [3.05, 3.63) is 95.6 Å². The van der Waals surface area contributed by atoms with Gasteiger partial charge in [-0.25, -0.2) is 9.97 Å². The summed E-state index contributed by atoms with van der Waals surface area (Å²) >= 11 is 6.34. The van der Waals surface area contributed by atoms with Crippen molar-refractivity contribution < 1.29 is 0 Å². The molecule has 0 saturated heterocycles. The minimum atomic E-state index is 0.595. The van der Waals surface area contributed by atoms with Crippen LogP contribution in [0.25, 0.3) is 11.3 Å². The molecule has 0 amide bonds. The maximum absolute atomic E-state index is 6.34. The molecule has 4 aromatic rings. The third-order valence-corrected chi connectivity index (χ3v) is 5.08. The second-order valence-corrected chi connectivity index (χ2v) is 7.23. The number of nitrogens with zero attached hydrogens (tertiary/aromatic N) is 4. The maximum atomic E-state index is 6.34. The third kappa shape index (κ3) is 4.75. The van der Waals surface area contributed by atoms with E-state index in [1.165, 1.54) is 5.56 Å². The Hall–Kier alpha value is -3.44. The molecule has 2 aromatic carbocycles. The van der Waals surface area contributed by atoms with Gasteiger partial charge >= 0.3 is 0 Å². The van der Waals surface area contributed by atoms with Crippen molar-refractivity contribution >= 4 is 29.2 Å². The average Bonchev–Trinajstić information content (AvgIpc) is 2.80. The largest absolute Gasteiger partial charge is 0.354 e. The van der Waals surface area contributed by atoms with Crippen LogP contribution < -0.4 is 10.2 Å². The molecule has 0 aliphatic rings. The molecule has 1 N–H and O–H groups in total. The van der Waals surface area contributed by atoms with Crippen LogP contribution in [0.1, 0.15) is 5.56 Å². The van der Waals surface area contributed by atoms with E-state index in [0.717, 1.165) is 35.9 Å². The second-order valence-electron chi connectivity index (χ2n) is 6.82. The standard InChI is InChI=1S/C24H22ClN5/c1-30(22-13-7-12-21(28-22)19-10-5-6-11-20(19)25)23-15-17-27-24(29-23)26-16-14-18-8-3-2-4-9-18/h2-13,15,17H,14,16H2,1H3,(H,26,27,29). The average molecular weight is 416 g/mol. The highest BCUT2D eigenvalue weighted by atomic mass is 35.5. The number of aromatic nitrogens is 3. The van der Waals surface area contributed by atoms with Crippen LogP contribution in [0.2, 0.25) is 5.02 Å². The molecule has 4 rings (SSSR count). The molecule has 2 aromatic heterocycles. The molecular formula is C24H22ClN5. The lowest BCUT2D eigenvalue weighted by Crippen LogP contribution is -2.15. The SMILES string of the molecule is CN(c1cccc(-c2ccccc2Cl)n1)c1ccnc(NCCc2ccccc2)n1. The Morgan fingerprint density at radius 3 is 2.43 bits per heavy atom. The van der Waals surface area contributed by atoms with Gasteiger partial charge in [-0.05, 0) is 36.2 Å². The zero-order valence-corrected chi connectivity index (χ0v) is 17.4. The molecule has 0 aliphatic carbocycles. The van der Waals surface area contributed by atoms with Gasteiger partial charge in [0.1, 0.15) is 11.6 Å². The Morgan fingerprint density at radius 2 is 1.60 bits per heavy atom. The minimum Gasteiger partial charge on any atom is -0.354 e. The molecule has 0 fully saturated rings. The molecule has 0 saturated carbocycles. The zero-order chi connectivity index (χ0) is 20.8. The molecule has 5 nitrogen and oxygen atoms in total. The van der Waals surface area contributed by atoms with Gasteiger partial charge in [-0.15, -0.1) is 0 Å². The van der Waals surface area contributed by atoms with Gasteiger partial charge in [-0.3, -0.25) is 0 Å². The van der Waals surface area contributed by atoms with Crippen molar-refractivity contribution in [1.29, 1.82) is 0 Å². The summed E-state index contributed by atoms with van der Waals surface area (Å²) < 4.78 is 0. The van der Waals surface area contributed by atoms with Crippen molar-refractivity contribution in [3.8, 4) is 11.3 Å². The van der Waals surface area contributed by atoms with Crippen molar-refractivity contribution in [2.75, 3.05) is 23.8 Å². The first kappa shape index (κ1) is 19.9. The normalized spacial score (nSPS) is 10.6. The fourth-order valence-corrected chi connectivity index (χ4v) is 3.36. The number of pyridine rings is 1. The first-order valence-corrected chi connectivity index (χ1v) is 10.1. The van der Waals surface area contributed by atoms with E-state index in [4.69, 9.17) is 16.6 Å². The zero-order valence-electron chi connectivity index (χ0n) is 16.7. The highest BCUT2D eigenvalue weighted by molar-refractivity contribution is 6.33. The fourth-order valence-electron chi connectivity index (χ4n) is 3.13. The predicted octanol–water partition coefficient (Wildman–Crippen LogP) is 5.61. The third-order valence-electron chi connectivity index (χ3n) is 4.75. The first-order chi connectivity index (χ1) is 14.7. The molecule has 0 spiro atoms. The number of nitrogens with one attached hydrogen (secondary N) is 1. The monoisotopic (exact) mass is 415 g/mol. The molecule has 2 heterocycles. The van der Waals surface area contributed by atoms with Gasteiger partial charge in [-0.1, -0.05) is 66.2 Å². The van der Waals surface area contributed by atoms with Gasteiger partial charge in [0.05, 0.1) is 5.69 Å². The van der Waals surface area contributed by atoms with Gasteiger partial charge < -0.3 is 10.2 Å². The Labute approximate surface area is 181 Å². The highest BCUT2D eigenvalue weighted by Gasteiger charge is 2.11. The van der Waals surface area contributed by atoms with Crippen molar-refractivity contribution in [2.24, 2.45) is 0 Å². The Kier molecular flexibility index (Phi) is 6.20. The van der Waals surface area contributed by atoms with Crippen LogP contribution in [0.4, 0.5) is 17.6 Å². The van der Waals surface area contributed by atoms with Gasteiger partial charge in [-0.2, -0.15) is 4.98 Å². The molecule has 0 radical (unpaired) electrons. The number of rotatable bonds is 7. The van der Waals surface area contributed by atoms with Crippen LogP contribution >= 0.6 is 11.6 Å². The van der Waals surface area contributed by atoms with Crippen molar-refractivity contribution in [3.63, 3.8) is 0 Å². The van der Waals surface area contributed by atoms with E-state index < -0.39 is 0 Å². The first-order valence-electron chi connectivity index (χ1n) is 9.77. The second kappa shape index (κ2) is 9.37. The number of benzene rings is 2. The molecule has 0 aliphatic heterocycles. The lowest BCUT2D eigenvalue weighted by molar-refractivity contribution is 0.973. The molecule has 0 unspecified atom stereocenters. The molecule has 0 atom stereocenters. The van der Waals surface area contributed by atoms with Gasteiger partial charge in [0.15, 0.2) is 0 Å². The summed E-state index contributed by atoms with van der Waals surface area (Å²) in [5, 5.41) is 3.98. The minimum absolute atomic E-state index is 0.595. The molecular weight excluding hydrogens is 394 g/mol. The smallest absolute Gasteiger partial charge is 0.224 e. The van der Waals surface area contributed by atoms with E-state index in [1.807, 2.05) is 78.7 Å². The lowest BCUT2D eigenvalue weighted by atomic mass is 10.1. The Balaban J connectivity index is 1.48. The van der Waals surface area contributed by atoms with Crippen LogP contribution in [-0.4, -0.2) is 28.5 Å². The summed E-state index contributed by atoms with van der Waals surface area (Å²) in [5.74, 6) is 2.13. The van der Waals surface area contributed by atoms with Crippen LogP contribution in [-0.2, 0) is 6.42 Å². The van der Waals surface area contributed by atoms with Gasteiger partial charge in [0.2, 0.25) is 5.95 Å². The molecule has 0 bridgehead atoms. The van der Waals surface area contributed by atoms with E-state index in [2.05, 4.69) is 27.4 Å². The van der Waals surface area contributed by atoms with E-state index in [-0.39, 0.29) is 0 Å². The summed E-state index contributed by atoms with van der Waals surface area (Å²) in [5.41, 5.74) is 3.00. The summed E-state index contributed by atoms with van der Waals surface area (Å²) in [6.07, 6.45) is 2.66. The number of hydrogen-bond acceptors (Lipinski definition) is 5. The summed E-state index contributed by atoms with van der Waals surface area (Å²) in [6, 6.07) is 25.8. The van der Waals surface area contributed by atoms with Crippen LogP contribution in [0.5, 0.6) is 0 Å². The summed E-state index contributed by atoms with van der Waals surface area (Å²) in [6.45, 7) is 0.761. The van der Waals surface area contributed by atoms with Crippen molar-refractivity contribution in [2.45, 2.75) is 6.42 Å². The summed E-state index contributed by atoms with van der Waals surface area (Å²) in [7, 11) is 1.94. The van der Waals surface area contributed by atoms with Crippen LogP contribution in [0, 0.1) is 0 Å². The van der Waals surface area contributed by atoms with E-state index in [9.17, 15) is 0 Å². The van der Waals surface area contributed by atoms with E-state index in [0.29, 0.717) is 11.0 Å². The Morgan fingerprint density at radius 1 is 0.833 bits per heavy atom. The molecule has 6 heteroatoms. The van der Waals surface area contributed by atoms with Crippen LogP contribution in [0.15, 0.2) is 85.1 Å². The predicted molar refractivity (Wildman–Crippen MR) is 123 cm³/mol. The van der Waals surface area contributed by atoms with Gasteiger partial charge in [0, 0.05) is 30.4 Å². The highest BCUT2D eigenvalue weighted by Crippen LogP contribution is 2.28. The maximum Gasteiger partial charge on any atom is 0.224 e. The van der Waals surface area contributed by atoms with Gasteiger partial charge in [0.25, 0.3) is 0 Å². The molecule has 150 valence electrons. The summed E-state index contributed by atoms with van der Waals surface area (Å²) in [4.78, 5) is 15.7. The number of anilines is 3. The van der Waals surface area contributed by atoms with Crippen molar-refractivity contribution in [1.82, 2.24) is 15.0 Å². The number of halogens is 1. The molecule has 30 heavy (non-hydrogen) atoms. The van der Waals surface area contributed by atoms with E-state index >= 15 is 0 Å². The quantitative estimate of drug-likeness (QED) is 0.425. The fraction of sp³-hybridized carbons (Fsp3) is 0.125. The topological polar surface area (TPSA) is 53.9 Å². The lowest BCUT2D eigenvalue weighted by Gasteiger charge is -2.18. The van der Waals surface area contributed by atoms with E-state index in [1.54, 1.807) is 6.20 Å².